The fourth-order valence-electron chi connectivity index (χ4n) is 2.33. The zero-order valence-electron chi connectivity index (χ0n) is 18.1. The highest BCUT2D eigenvalue weighted by molar-refractivity contribution is 7.90. The van der Waals surface area contributed by atoms with Crippen LogP contribution in [0.2, 0.25) is 18.1 Å². The first kappa shape index (κ1) is 23.6. The van der Waals surface area contributed by atoms with Crippen LogP contribution in [-0.4, -0.2) is 35.2 Å². The molecule has 1 aromatic rings. The van der Waals surface area contributed by atoms with Crippen molar-refractivity contribution in [1.29, 1.82) is 0 Å². The molecule has 0 amide bonds. The molecule has 1 rings (SSSR count). The topological polar surface area (TPSA) is 57.2 Å². The second kappa shape index (κ2) is 9.19. The molecule has 0 saturated heterocycles. The van der Waals surface area contributed by atoms with Gasteiger partial charge in [0.15, 0.2) is 8.32 Å². The van der Waals surface area contributed by atoms with Crippen LogP contribution in [0.5, 0.6) is 0 Å². The van der Waals surface area contributed by atoms with Crippen LogP contribution in [0.1, 0.15) is 66.5 Å². The van der Waals surface area contributed by atoms with Gasteiger partial charge in [-0.05, 0) is 64.4 Å². The molecule has 0 unspecified atom stereocenters. The average Bonchev–Trinajstić information content (AvgIpc) is 2.50. The Labute approximate surface area is 165 Å². The lowest BCUT2D eigenvalue weighted by molar-refractivity contribution is 0.262. The van der Waals surface area contributed by atoms with E-state index in [-0.39, 0.29) is 21.7 Å². The van der Waals surface area contributed by atoms with Crippen molar-refractivity contribution >= 4 is 19.7 Å². The summed E-state index contributed by atoms with van der Waals surface area (Å²) in [7, 11) is -1.77. The van der Waals surface area contributed by atoms with E-state index in [0.717, 1.165) is 12.1 Å². The lowest BCUT2D eigenvalue weighted by atomic mass is 9.94. The van der Waals surface area contributed by atoms with E-state index in [9.17, 15) is 4.55 Å². The van der Waals surface area contributed by atoms with Gasteiger partial charge in [-0.1, -0.05) is 26.8 Å². The average molecular weight is 399 g/mol. The maximum absolute atomic E-state index is 12.5. The van der Waals surface area contributed by atoms with E-state index in [1.54, 1.807) is 0 Å². The molecule has 0 aliphatic heterocycles. The highest BCUT2D eigenvalue weighted by atomic mass is 32.2. The number of aromatic nitrogens is 1. The molecule has 0 spiro atoms. The van der Waals surface area contributed by atoms with Crippen molar-refractivity contribution in [3.63, 3.8) is 0 Å². The van der Waals surface area contributed by atoms with Gasteiger partial charge >= 0.3 is 0 Å². The number of pyridine rings is 1. The standard InChI is InChI=1S/C20H38N2O2SSi/c1-16(22-25(23)19(2,3)4)17(18-12-10-11-14-21-18)13-15-24-26(8,9)20(5,6)7/h10-12,14,16-17,22H,13,15H2,1-9H3/t16-,17-,25-/m0/s1. The summed E-state index contributed by atoms with van der Waals surface area (Å²) < 4.78 is 21.9. The van der Waals surface area contributed by atoms with Gasteiger partial charge in [0.2, 0.25) is 0 Å². The summed E-state index contributed by atoms with van der Waals surface area (Å²) in [5.74, 6) is 0.160. The van der Waals surface area contributed by atoms with Crippen molar-refractivity contribution < 1.29 is 8.98 Å². The minimum absolute atomic E-state index is 0.0490. The monoisotopic (exact) mass is 398 g/mol. The lowest BCUT2D eigenvalue weighted by Crippen LogP contribution is -2.46. The molecule has 150 valence electrons. The fraction of sp³-hybridized carbons (Fsp3) is 0.750. The van der Waals surface area contributed by atoms with Gasteiger partial charge in [-0.15, -0.1) is 4.72 Å². The first-order valence-electron chi connectivity index (χ1n) is 9.48. The highest BCUT2D eigenvalue weighted by Gasteiger charge is 2.37. The van der Waals surface area contributed by atoms with E-state index >= 15 is 0 Å². The van der Waals surface area contributed by atoms with E-state index in [1.165, 1.54) is 0 Å². The summed E-state index contributed by atoms with van der Waals surface area (Å²) in [6.45, 7) is 20.1. The van der Waals surface area contributed by atoms with Crippen LogP contribution in [0.25, 0.3) is 0 Å². The maximum atomic E-state index is 12.5. The quantitative estimate of drug-likeness (QED) is 0.493. The summed E-state index contributed by atoms with van der Waals surface area (Å²) in [5, 5.41) is 0.199. The number of nitrogens with zero attached hydrogens (tertiary/aromatic N) is 1. The minimum Gasteiger partial charge on any atom is -0.598 e. The lowest BCUT2D eigenvalue weighted by Gasteiger charge is -2.37. The van der Waals surface area contributed by atoms with Gasteiger partial charge in [-0.25, -0.2) is 0 Å². The number of hydrogen-bond donors (Lipinski definition) is 1. The van der Waals surface area contributed by atoms with Crippen LogP contribution >= 0.6 is 0 Å². The molecule has 6 heteroatoms. The van der Waals surface area contributed by atoms with Gasteiger partial charge in [0, 0.05) is 35.8 Å². The zero-order valence-corrected chi connectivity index (χ0v) is 19.9. The van der Waals surface area contributed by atoms with Crippen molar-refractivity contribution in [2.45, 2.75) is 89.7 Å². The smallest absolute Gasteiger partial charge is 0.191 e. The summed E-state index contributed by atoms with van der Waals surface area (Å²) in [6.07, 6.45) is 2.68. The van der Waals surface area contributed by atoms with Crippen molar-refractivity contribution in [2.75, 3.05) is 6.61 Å². The van der Waals surface area contributed by atoms with Crippen molar-refractivity contribution in [2.24, 2.45) is 0 Å². The SMILES string of the molecule is C[C@H](N[S@@+]([O-])C(C)(C)C)[C@H](CCO[Si](C)(C)C(C)(C)C)c1ccccn1. The van der Waals surface area contributed by atoms with Crippen molar-refractivity contribution in [3.05, 3.63) is 30.1 Å². The predicted octanol–water partition coefficient (Wildman–Crippen LogP) is 5.02. The van der Waals surface area contributed by atoms with E-state index in [0.29, 0.717) is 6.61 Å². The van der Waals surface area contributed by atoms with E-state index in [4.69, 9.17) is 4.43 Å². The van der Waals surface area contributed by atoms with Crippen LogP contribution in [0.3, 0.4) is 0 Å². The van der Waals surface area contributed by atoms with Gasteiger partial charge in [-0.2, -0.15) is 0 Å². The van der Waals surface area contributed by atoms with Crippen LogP contribution < -0.4 is 4.72 Å². The first-order valence-corrected chi connectivity index (χ1v) is 13.5. The Kier molecular flexibility index (Phi) is 8.36. The van der Waals surface area contributed by atoms with E-state index in [1.807, 2.05) is 39.1 Å². The molecule has 0 aliphatic carbocycles. The Balaban J connectivity index is 2.84. The summed E-state index contributed by atoms with van der Waals surface area (Å²) in [4.78, 5) is 4.55. The zero-order chi connectivity index (χ0) is 20.2. The van der Waals surface area contributed by atoms with Gasteiger partial charge in [0.1, 0.15) is 4.75 Å². The van der Waals surface area contributed by atoms with Gasteiger partial charge in [0.25, 0.3) is 0 Å². The molecule has 0 aromatic carbocycles. The maximum Gasteiger partial charge on any atom is 0.191 e. The van der Waals surface area contributed by atoms with Crippen LogP contribution in [0, 0.1) is 0 Å². The summed E-state index contributed by atoms with van der Waals surface area (Å²) in [6, 6.07) is 6.04. The highest BCUT2D eigenvalue weighted by Crippen LogP contribution is 2.37. The van der Waals surface area contributed by atoms with Crippen molar-refractivity contribution in [1.82, 2.24) is 9.71 Å². The number of hydrogen-bond acceptors (Lipinski definition) is 4. The Hall–Kier alpha value is -0.403. The summed E-state index contributed by atoms with van der Waals surface area (Å²) in [5.41, 5.74) is 1.03. The Bertz CT molecular complexity index is 541. The fourth-order valence-corrected chi connectivity index (χ4v) is 4.25. The molecular weight excluding hydrogens is 360 g/mol. The third kappa shape index (κ3) is 6.96. The summed E-state index contributed by atoms with van der Waals surface area (Å²) >= 11 is -1.11. The Morgan fingerprint density at radius 3 is 2.27 bits per heavy atom. The molecule has 26 heavy (non-hydrogen) atoms. The van der Waals surface area contributed by atoms with Crippen LogP contribution in [0.4, 0.5) is 0 Å². The third-order valence-corrected chi connectivity index (χ3v) is 11.5. The largest absolute Gasteiger partial charge is 0.598 e. The molecule has 0 saturated carbocycles. The number of nitrogens with one attached hydrogen (secondary N) is 1. The predicted molar refractivity (Wildman–Crippen MR) is 115 cm³/mol. The molecule has 0 fully saturated rings. The molecule has 4 nitrogen and oxygen atoms in total. The Morgan fingerprint density at radius 1 is 1.19 bits per heavy atom. The third-order valence-electron chi connectivity index (χ3n) is 5.22. The molecule has 1 N–H and O–H groups in total. The van der Waals surface area contributed by atoms with Gasteiger partial charge in [-0.3, -0.25) is 4.98 Å². The number of rotatable bonds is 8. The molecule has 1 heterocycles. The van der Waals surface area contributed by atoms with Crippen LogP contribution in [-0.2, 0) is 15.8 Å². The van der Waals surface area contributed by atoms with Gasteiger partial charge < -0.3 is 8.98 Å². The molecule has 3 atom stereocenters. The van der Waals surface area contributed by atoms with E-state index in [2.05, 4.69) is 56.6 Å². The normalized spacial score (nSPS) is 17.0. The molecular formula is C20H38N2O2SSi. The second-order valence-corrected chi connectivity index (χ2v) is 16.4. The second-order valence-electron chi connectivity index (χ2n) is 9.55. The van der Waals surface area contributed by atoms with Gasteiger partial charge in [0.05, 0.1) is 6.04 Å². The molecule has 0 aliphatic rings. The first-order chi connectivity index (χ1) is 11.8. The molecule has 1 aromatic heterocycles. The van der Waals surface area contributed by atoms with Crippen molar-refractivity contribution in [3.8, 4) is 0 Å². The van der Waals surface area contributed by atoms with Crippen LogP contribution in [0.15, 0.2) is 24.4 Å². The Morgan fingerprint density at radius 2 is 1.81 bits per heavy atom. The molecule has 0 bridgehead atoms. The minimum atomic E-state index is -1.77. The van der Waals surface area contributed by atoms with E-state index < -0.39 is 19.7 Å². The molecule has 0 radical (unpaired) electrons.